The van der Waals surface area contributed by atoms with E-state index in [0.29, 0.717) is 0 Å². The van der Waals surface area contributed by atoms with Crippen LogP contribution >= 0.6 is 0 Å². The summed E-state index contributed by atoms with van der Waals surface area (Å²) in [5.41, 5.74) is 5.03. The largest absolute Gasteiger partial charge is 0.481 e. The normalized spacial score (nSPS) is 44.3. The van der Waals surface area contributed by atoms with E-state index in [1.54, 1.807) is 6.92 Å². The highest BCUT2D eigenvalue weighted by Crippen LogP contribution is 2.41. The van der Waals surface area contributed by atoms with Gasteiger partial charge in [0.25, 0.3) is 0 Å². The lowest BCUT2D eigenvalue weighted by Gasteiger charge is -2.28. The van der Waals surface area contributed by atoms with E-state index >= 15 is 0 Å². The van der Waals surface area contributed by atoms with Gasteiger partial charge in [-0.25, -0.2) is 0 Å². The second-order valence-corrected chi connectivity index (χ2v) is 3.67. The molecule has 0 aliphatic heterocycles. The highest BCUT2D eigenvalue weighted by molar-refractivity contribution is 5.76. The van der Waals surface area contributed by atoms with Crippen molar-refractivity contribution < 1.29 is 9.90 Å². The number of nitrogens with two attached hydrogens (primary N) is 1. The molecule has 1 aliphatic carbocycles. The van der Waals surface area contributed by atoms with Crippen LogP contribution in [0.15, 0.2) is 0 Å². The van der Waals surface area contributed by atoms with Gasteiger partial charge in [0, 0.05) is 6.04 Å². The predicted molar refractivity (Wildman–Crippen MR) is 42.1 cm³/mol. The van der Waals surface area contributed by atoms with Crippen LogP contribution in [0, 0.1) is 11.3 Å². The Balaban J connectivity index is 2.88. The highest BCUT2D eigenvalue weighted by Gasteiger charge is 2.48. The molecule has 11 heavy (non-hydrogen) atoms. The van der Waals surface area contributed by atoms with Crippen LogP contribution in [-0.4, -0.2) is 17.1 Å². The number of rotatable bonds is 1. The predicted octanol–water partition coefficient (Wildman–Crippen LogP) is 0.835. The van der Waals surface area contributed by atoms with Crippen molar-refractivity contribution in [3.05, 3.63) is 0 Å². The topological polar surface area (TPSA) is 63.3 Å². The Bertz CT molecular complexity index is 169. The fraction of sp³-hybridized carbons (Fsp3) is 0.875. The summed E-state index contributed by atoms with van der Waals surface area (Å²) in [7, 11) is 0. The molecule has 1 rings (SSSR count). The first-order valence-corrected chi connectivity index (χ1v) is 3.98. The summed E-state index contributed by atoms with van der Waals surface area (Å²) in [6.45, 7) is 3.71. The molecule has 0 aromatic rings. The molecular formula is C8H15NO2. The van der Waals surface area contributed by atoms with Crippen molar-refractivity contribution in [2.24, 2.45) is 17.1 Å². The van der Waals surface area contributed by atoms with Crippen LogP contribution < -0.4 is 5.73 Å². The minimum atomic E-state index is -0.755. The molecule has 0 spiro atoms. The maximum absolute atomic E-state index is 10.9. The molecule has 1 saturated carbocycles. The van der Waals surface area contributed by atoms with E-state index in [2.05, 4.69) is 0 Å². The van der Waals surface area contributed by atoms with Crippen LogP contribution in [0.4, 0.5) is 0 Å². The molecule has 0 aromatic carbocycles. The van der Waals surface area contributed by atoms with Gasteiger partial charge in [-0.3, -0.25) is 4.79 Å². The third-order valence-electron chi connectivity index (χ3n) is 3.17. The molecule has 3 heteroatoms. The minimum Gasteiger partial charge on any atom is -0.481 e. The first-order valence-electron chi connectivity index (χ1n) is 3.98. The van der Waals surface area contributed by atoms with Gasteiger partial charge in [-0.2, -0.15) is 0 Å². The molecule has 3 nitrogen and oxygen atoms in total. The average Bonchev–Trinajstić information content (AvgIpc) is 2.18. The molecule has 0 heterocycles. The van der Waals surface area contributed by atoms with Crippen LogP contribution in [0.1, 0.15) is 26.7 Å². The Kier molecular flexibility index (Phi) is 1.92. The Morgan fingerprint density at radius 1 is 1.64 bits per heavy atom. The third-order valence-corrected chi connectivity index (χ3v) is 3.17. The monoisotopic (exact) mass is 157 g/mol. The van der Waals surface area contributed by atoms with Gasteiger partial charge in [0.05, 0.1) is 5.41 Å². The average molecular weight is 157 g/mol. The fourth-order valence-electron chi connectivity index (χ4n) is 1.76. The van der Waals surface area contributed by atoms with Gasteiger partial charge < -0.3 is 10.8 Å². The Labute approximate surface area is 66.6 Å². The molecule has 0 saturated heterocycles. The van der Waals surface area contributed by atoms with Crippen LogP contribution in [0.3, 0.4) is 0 Å². The second-order valence-electron chi connectivity index (χ2n) is 3.67. The summed E-state index contributed by atoms with van der Waals surface area (Å²) in [6, 6.07) is -0.171. The summed E-state index contributed by atoms with van der Waals surface area (Å²) in [5, 5.41) is 8.93. The van der Waals surface area contributed by atoms with Gasteiger partial charge in [-0.1, -0.05) is 6.92 Å². The van der Waals surface area contributed by atoms with Gasteiger partial charge in [0.1, 0.15) is 0 Å². The number of hydrogen-bond donors (Lipinski definition) is 2. The van der Waals surface area contributed by atoms with Crippen molar-refractivity contribution in [2.75, 3.05) is 0 Å². The molecular weight excluding hydrogens is 142 g/mol. The smallest absolute Gasteiger partial charge is 0.311 e. The van der Waals surface area contributed by atoms with Crippen molar-refractivity contribution in [1.82, 2.24) is 0 Å². The number of carboxylic acid groups (broad SMARTS) is 1. The van der Waals surface area contributed by atoms with Gasteiger partial charge in [0.2, 0.25) is 0 Å². The first-order chi connectivity index (χ1) is 4.99. The molecule has 0 bridgehead atoms. The molecule has 1 aliphatic rings. The Morgan fingerprint density at radius 3 is 2.36 bits per heavy atom. The van der Waals surface area contributed by atoms with Crippen LogP contribution in [0.5, 0.6) is 0 Å². The molecule has 64 valence electrons. The molecule has 0 radical (unpaired) electrons. The molecule has 0 aromatic heterocycles. The van der Waals surface area contributed by atoms with E-state index in [9.17, 15) is 4.79 Å². The number of hydrogen-bond acceptors (Lipinski definition) is 2. The summed E-state index contributed by atoms with van der Waals surface area (Å²) >= 11 is 0. The van der Waals surface area contributed by atoms with Crippen molar-refractivity contribution >= 4 is 5.97 Å². The summed E-state index contributed by atoms with van der Waals surface area (Å²) in [5.74, 6) is -0.551. The van der Waals surface area contributed by atoms with E-state index in [-0.39, 0.29) is 12.0 Å². The molecule has 3 atom stereocenters. The molecule has 0 unspecified atom stereocenters. The summed E-state index contributed by atoms with van der Waals surface area (Å²) in [6.07, 6.45) is 1.77. The SMILES string of the molecule is C[C@@H]1CC[C@@H](N)[C@]1(C)C(=O)O. The first kappa shape index (κ1) is 8.53. The van der Waals surface area contributed by atoms with Crippen molar-refractivity contribution in [3.63, 3.8) is 0 Å². The number of aliphatic carboxylic acids is 1. The Hall–Kier alpha value is -0.570. The zero-order valence-corrected chi connectivity index (χ0v) is 7.00. The van der Waals surface area contributed by atoms with E-state index < -0.39 is 11.4 Å². The molecule has 3 N–H and O–H groups in total. The molecule has 1 fully saturated rings. The van der Waals surface area contributed by atoms with Gasteiger partial charge in [-0.05, 0) is 25.7 Å². The lowest BCUT2D eigenvalue weighted by molar-refractivity contribution is -0.150. The zero-order valence-electron chi connectivity index (χ0n) is 7.00. The Morgan fingerprint density at radius 2 is 2.18 bits per heavy atom. The summed E-state index contributed by atoms with van der Waals surface area (Å²) < 4.78 is 0. The lowest BCUT2D eigenvalue weighted by Crippen LogP contribution is -2.44. The van der Waals surface area contributed by atoms with Crippen molar-refractivity contribution in [3.8, 4) is 0 Å². The standard InChI is InChI=1S/C8H15NO2/c1-5-3-4-6(9)8(5,2)7(10)11/h5-6H,3-4,9H2,1-2H3,(H,10,11)/t5-,6-,8-/m1/s1. The number of carbonyl (C=O) groups is 1. The zero-order chi connectivity index (χ0) is 8.65. The van der Waals surface area contributed by atoms with Crippen LogP contribution in [0.2, 0.25) is 0 Å². The van der Waals surface area contributed by atoms with Crippen molar-refractivity contribution in [1.29, 1.82) is 0 Å². The van der Waals surface area contributed by atoms with E-state index in [0.717, 1.165) is 12.8 Å². The van der Waals surface area contributed by atoms with Gasteiger partial charge in [0.15, 0.2) is 0 Å². The third kappa shape index (κ3) is 1.03. The maximum Gasteiger partial charge on any atom is 0.311 e. The van der Waals surface area contributed by atoms with E-state index in [1.807, 2.05) is 6.92 Å². The highest BCUT2D eigenvalue weighted by atomic mass is 16.4. The number of carboxylic acids is 1. The van der Waals surface area contributed by atoms with Crippen molar-refractivity contribution in [2.45, 2.75) is 32.7 Å². The lowest BCUT2D eigenvalue weighted by atomic mass is 9.78. The quantitative estimate of drug-likeness (QED) is 0.592. The molecule has 0 amide bonds. The second kappa shape index (κ2) is 2.48. The fourth-order valence-corrected chi connectivity index (χ4v) is 1.76. The van der Waals surface area contributed by atoms with Crippen LogP contribution in [-0.2, 0) is 4.79 Å². The minimum absolute atomic E-state index is 0.171. The van der Waals surface area contributed by atoms with E-state index in [4.69, 9.17) is 10.8 Å². The van der Waals surface area contributed by atoms with Crippen LogP contribution in [0.25, 0.3) is 0 Å². The maximum atomic E-state index is 10.9. The summed E-state index contributed by atoms with van der Waals surface area (Å²) in [4.78, 5) is 10.9. The van der Waals surface area contributed by atoms with Gasteiger partial charge >= 0.3 is 5.97 Å². The van der Waals surface area contributed by atoms with E-state index in [1.165, 1.54) is 0 Å². The van der Waals surface area contributed by atoms with Gasteiger partial charge in [-0.15, -0.1) is 0 Å².